The van der Waals surface area contributed by atoms with Gasteiger partial charge in [-0.2, -0.15) is 0 Å². The van der Waals surface area contributed by atoms with Gasteiger partial charge >= 0.3 is 0 Å². The summed E-state index contributed by atoms with van der Waals surface area (Å²) in [6.07, 6.45) is 7.72. The minimum absolute atomic E-state index is 0.179. The van der Waals surface area contributed by atoms with Crippen LogP contribution in [0, 0.1) is 11.3 Å². The zero-order valence-electron chi connectivity index (χ0n) is 12.9. The highest BCUT2D eigenvalue weighted by atomic mass is 16.5. The Bertz CT molecular complexity index is 278. The van der Waals surface area contributed by atoms with E-state index >= 15 is 0 Å². The second-order valence-electron chi connectivity index (χ2n) is 7.29. The third kappa shape index (κ3) is 3.93. The first kappa shape index (κ1) is 15.3. The third-order valence-corrected chi connectivity index (χ3v) is 5.03. The van der Waals surface area contributed by atoms with Crippen LogP contribution in [0.4, 0.5) is 0 Å². The van der Waals surface area contributed by atoms with Crippen LogP contribution in [0.5, 0.6) is 0 Å². The Labute approximate surface area is 118 Å². The molecule has 3 heteroatoms. The summed E-state index contributed by atoms with van der Waals surface area (Å²) in [4.78, 5) is 0. The van der Waals surface area contributed by atoms with Gasteiger partial charge in [0.15, 0.2) is 0 Å². The highest BCUT2D eigenvalue weighted by molar-refractivity contribution is 5.01. The van der Waals surface area contributed by atoms with Crippen LogP contribution in [-0.2, 0) is 4.74 Å². The molecule has 1 atom stereocenters. The van der Waals surface area contributed by atoms with Crippen molar-refractivity contribution in [3.63, 3.8) is 0 Å². The number of ether oxygens (including phenoxy) is 1. The second kappa shape index (κ2) is 6.11. The molecule has 2 aliphatic carbocycles. The molecule has 2 rings (SSSR count). The summed E-state index contributed by atoms with van der Waals surface area (Å²) >= 11 is 0. The molecule has 0 spiro atoms. The van der Waals surface area contributed by atoms with Gasteiger partial charge in [-0.15, -0.1) is 0 Å². The van der Waals surface area contributed by atoms with E-state index in [0.29, 0.717) is 24.0 Å². The number of hydrogen-bond donors (Lipinski definition) is 2. The van der Waals surface area contributed by atoms with Crippen molar-refractivity contribution in [1.82, 2.24) is 5.32 Å². The molecular weight excluding hydrogens is 238 g/mol. The molecule has 0 amide bonds. The zero-order chi connectivity index (χ0) is 13.9. The number of aliphatic hydroxyl groups is 1. The maximum absolute atomic E-state index is 9.79. The van der Waals surface area contributed by atoms with Gasteiger partial charge in [-0.1, -0.05) is 20.8 Å². The summed E-state index contributed by atoms with van der Waals surface area (Å²) < 4.78 is 6.16. The van der Waals surface area contributed by atoms with Crippen molar-refractivity contribution in [1.29, 1.82) is 0 Å². The van der Waals surface area contributed by atoms with Crippen molar-refractivity contribution in [2.75, 3.05) is 19.8 Å². The molecule has 19 heavy (non-hydrogen) atoms. The lowest BCUT2D eigenvalue weighted by Gasteiger charge is -2.38. The van der Waals surface area contributed by atoms with Gasteiger partial charge < -0.3 is 15.2 Å². The molecule has 0 aliphatic heterocycles. The molecule has 0 heterocycles. The highest BCUT2D eigenvalue weighted by Crippen LogP contribution is 2.41. The van der Waals surface area contributed by atoms with E-state index in [0.717, 1.165) is 6.54 Å². The first-order valence-electron chi connectivity index (χ1n) is 7.99. The number of hydrogen-bond acceptors (Lipinski definition) is 3. The molecule has 0 aromatic carbocycles. The molecule has 112 valence electrons. The lowest BCUT2D eigenvalue weighted by atomic mass is 9.76. The zero-order valence-corrected chi connectivity index (χ0v) is 12.9. The molecule has 2 aliphatic rings. The molecule has 0 saturated heterocycles. The second-order valence-corrected chi connectivity index (χ2v) is 7.29. The number of likely N-dealkylation sites (N-methyl/N-ethyl adjacent to an activating group) is 1. The summed E-state index contributed by atoms with van der Waals surface area (Å²) in [6, 6.07) is 0. The number of aliphatic hydroxyl groups excluding tert-OH is 1. The Kier molecular flexibility index (Phi) is 4.91. The summed E-state index contributed by atoms with van der Waals surface area (Å²) in [5.41, 5.74) is 0.313. The van der Waals surface area contributed by atoms with E-state index < -0.39 is 0 Å². The van der Waals surface area contributed by atoms with Crippen LogP contribution in [0.25, 0.3) is 0 Å². The van der Waals surface area contributed by atoms with Gasteiger partial charge in [0.05, 0.1) is 24.9 Å². The van der Waals surface area contributed by atoms with Gasteiger partial charge in [0.25, 0.3) is 0 Å². The normalized spacial score (nSPS) is 27.2. The van der Waals surface area contributed by atoms with Gasteiger partial charge in [-0.25, -0.2) is 0 Å². The predicted molar refractivity (Wildman–Crippen MR) is 78.2 cm³/mol. The van der Waals surface area contributed by atoms with Gasteiger partial charge in [-0.05, 0) is 56.4 Å². The Hall–Kier alpha value is -0.120. The largest absolute Gasteiger partial charge is 0.394 e. The fourth-order valence-electron chi connectivity index (χ4n) is 3.34. The maximum Gasteiger partial charge on any atom is 0.0679 e. The highest BCUT2D eigenvalue weighted by Gasteiger charge is 2.45. The van der Waals surface area contributed by atoms with Crippen LogP contribution in [0.1, 0.15) is 59.3 Å². The molecule has 2 saturated carbocycles. The minimum atomic E-state index is -0.179. The predicted octanol–water partition coefficient (Wildman–Crippen LogP) is 2.72. The first-order valence-corrected chi connectivity index (χ1v) is 7.99. The van der Waals surface area contributed by atoms with Gasteiger partial charge in [0.2, 0.25) is 0 Å². The lowest BCUT2D eigenvalue weighted by Crippen LogP contribution is -2.55. The standard InChI is InChI=1S/C16H31NO2/c1-4-17-16(11-18,13-5-6-13)12-19-14-7-9-15(2,3)10-8-14/h13-14,17-18H,4-12H2,1-3H3. The maximum atomic E-state index is 9.79. The lowest BCUT2D eigenvalue weighted by molar-refractivity contribution is -0.0434. The SMILES string of the molecule is CCNC(CO)(COC1CCC(C)(C)CC1)C1CC1. The van der Waals surface area contributed by atoms with Crippen molar-refractivity contribution < 1.29 is 9.84 Å². The topological polar surface area (TPSA) is 41.5 Å². The summed E-state index contributed by atoms with van der Waals surface area (Å²) in [5, 5.41) is 13.3. The van der Waals surface area contributed by atoms with E-state index in [-0.39, 0.29) is 12.1 Å². The molecule has 0 aromatic heterocycles. The Morgan fingerprint density at radius 1 is 1.21 bits per heavy atom. The molecule has 0 radical (unpaired) electrons. The van der Waals surface area contributed by atoms with Crippen LogP contribution in [0.15, 0.2) is 0 Å². The van der Waals surface area contributed by atoms with Gasteiger partial charge in [0.1, 0.15) is 0 Å². The third-order valence-electron chi connectivity index (χ3n) is 5.03. The molecular formula is C16H31NO2. The van der Waals surface area contributed by atoms with Crippen LogP contribution >= 0.6 is 0 Å². The Balaban J connectivity index is 1.82. The van der Waals surface area contributed by atoms with E-state index in [1.807, 2.05) is 0 Å². The Morgan fingerprint density at radius 3 is 2.32 bits per heavy atom. The van der Waals surface area contributed by atoms with E-state index in [1.54, 1.807) is 0 Å². The van der Waals surface area contributed by atoms with Crippen molar-refractivity contribution >= 4 is 0 Å². The van der Waals surface area contributed by atoms with Crippen LogP contribution in [-0.4, -0.2) is 36.5 Å². The van der Waals surface area contributed by atoms with Crippen molar-refractivity contribution in [2.24, 2.45) is 11.3 Å². The smallest absolute Gasteiger partial charge is 0.0679 e. The Morgan fingerprint density at radius 2 is 1.84 bits per heavy atom. The first-order chi connectivity index (χ1) is 9.01. The quantitative estimate of drug-likeness (QED) is 0.746. The van der Waals surface area contributed by atoms with E-state index in [4.69, 9.17) is 4.74 Å². The van der Waals surface area contributed by atoms with E-state index in [9.17, 15) is 5.11 Å². The molecule has 2 N–H and O–H groups in total. The van der Waals surface area contributed by atoms with Crippen molar-refractivity contribution in [3.05, 3.63) is 0 Å². The van der Waals surface area contributed by atoms with Crippen molar-refractivity contribution in [3.8, 4) is 0 Å². The fourth-order valence-corrected chi connectivity index (χ4v) is 3.34. The van der Waals surface area contributed by atoms with Crippen LogP contribution in [0.3, 0.4) is 0 Å². The molecule has 2 fully saturated rings. The average Bonchev–Trinajstić information content (AvgIpc) is 3.20. The average molecular weight is 269 g/mol. The molecule has 1 unspecified atom stereocenters. The fraction of sp³-hybridized carbons (Fsp3) is 1.00. The summed E-state index contributed by atoms with van der Waals surface area (Å²) in [6.45, 7) is 8.58. The van der Waals surface area contributed by atoms with Crippen LogP contribution in [0.2, 0.25) is 0 Å². The van der Waals surface area contributed by atoms with E-state index in [2.05, 4.69) is 26.1 Å². The summed E-state index contributed by atoms with van der Waals surface area (Å²) in [5.74, 6) is 0.609. The number of rotatable bonds is 7. The number of nitrogens with one attached hydrogen (secondary N) is 1. The molecule has 3 nitrogen and oxygen atoms in total. The minimum Gasteiger partial charge on any atom is -0.394 e. The van der Waals surface area contributed by atoms with Gasteiger partial charge in [0, 0.05) is 0 Å². The summed E-state index contributed by atoms with van der Waals surface area (Å²) in [7, 11) is 0. The van der Waals surface area contributed by atoms with Crippen LogP contribution < -0.4 is 5.32 Å². The van der Waals surface area contributed by atoms with Gasteiger partial charge in [-0.3, -0.25) is 0 Å². The molecule has 0 aromatic rings. The molecule has 0 bridgehead atoms. The van der Waals surface area contributed by atoms with E-state index in [1.165, 1.54) is 38.5 Å². The monoisotopic (exact) mass is 269 g/mol. The van der Waals surface area contributed by atoms with Crippen molar-refractivity contribution in [2.45, 2.75) is 70.9 Å².